The minimum absolute atomic E-state index is 0.148. The molecule has 0 aromatic heterocycles. The molecule has 0 amide bonds. The van der Waals surface area contributed by atoms with E-state index in [1.807, 2.05) is 12.1 Å². The van der Waals surface area contributed by atoms with Gasteiger partial charge in [0.05, 0.1) is 6.54 Å². The number of nitrogens with one attached hydrogen (secondary N) is 2. The Labute approximate surface area is 152 Å². The number of halogens is 3. The van der Waals surface area contributed by atoms with Gasteiger partial charge in [0.15, 0.2) is 5.96 Å². The van der Waals surface area contributed by atoms with Crippen LogP contribution in [0.2, 0.25) is 0 Å². The summed E-state index contributed by atoms with van der Waals surface area (Å²) in [4.78, 5) is 6.07. The van der Waals surface area contributed by atoms with Crippen molar-refractivity contribution in [1.29, 1.82) is 0 Å². The van der Waals surface area contributed by atoms with Crippen molar-refractivity contribution in [3.05, 3.63) is 35.6 Å². The fourth-order valence-corrected chi connectivity index (χ4v) is 3.68. The summed E-state index contributed by atoms with van der Waals surface area (Å²) in [6.07, 6.45) is 1.27. The highest BCUT2D eigenvalue weighted by Gasteiger charge is 2.45. The minimum Gasteiger partial charge on any atom is -0.356 e. The summed E-state index contributed by atoms with van der Waals surface area (Å²) in [5.41, 5.74) is 0.618. The van der Waals surface area contributed by atoms with Crippen LogP contribution >= 0.6 is 0 Å². The number of likely N-dealkylation sites (tertiary alicyclic amines) is 1. The monoisotopic (exact) mass is 368 g/mol. The molecule has 26 heavy (non-hydrogen) atoms. The summed E-state index contributed by atoms with van der Waals surface area (Å²) >= 11 is 0. The van der Waals surface area contributed by atoms with Gasteiger partial charge in [-0.2, -0.15) is 0 Å². The summed E-state index contributed by atoms with van der Waals surface area (Å²) in [7, 11) is 1.71. The van der Waals surface area contributed by atoms with Crippen LogP contribution in [-0.4, -0.2) is 56.6 Å². The second-order valence-corrected chi connectivity index (χ2v) is 7.30. The first-order valence-electron chi connectivity index (χ1n) is 9.25. The van der Waals surface area contributed by atoms with Gasteiger partial charge in [-0.25, -0.2) is 13.2 Å². The molecule has 2 N–H and O–H groups in total. The van der Waals surface area contributed by atoms with E-state index in [-0.39, 0.29) is 23.8 Å². The van der Waals surface area contributed by atoms with Crippen LogP contribution in [-0.2, 0) is 5.41 Å². The lowest BCUT2D eigenvalue weighted by Crippen LogP contribution is -2.50. The van der Waals surface area contributed by atoms with Crippen LogP contribution in [0.4, 0.5) is 13.2 Å². The molecule has 3 rings (SSSR count). The summed E-state index contributed by atoms with van der Waals surface area (Å²) in [6.45, 7) is 1.82. The van der Waals surface area contributed by atoms with Crippen LogP contribution < -0.4 is 10.6 Å². The molecule has 1 aromatic carbocycles. The van der Waals surface area contributed by atoms with Gasteiger partial charge in [-0.1, -0.05) is 18.2 Å². The lowest BCUT2D eigenvalue weighted by atomic mass is 9.95. The third-order valence-corrected chi connectivity index (χ3v) is 5.44. The smallest absolute Gasteiger partial charge is 0.251 e. The van der Waals surface area contributed by atoms with Crippen molar-refractivity contribution in [2.75, 3.05) is 33.2 Å². The number of hydrogen-bond donors (Lipinski definition) is 2. The van der Waals surface area contributed by atoms with E-state index in [1.165, 1.54) is 6.07 Å². The van der Waals surface area contributed by atoms with Gasteiger partial charge in [0, 0.05) is 38.1 Å². The highest BCUT2D eigenvalue weighted by Crippen LogP contribution is 2.48. The van der Waals surface area contributed by atoms with Crippen molar-refractivity contribution < 1.29 is 13.2 Å². The summed E-state index contributed by atoms with van der Waals surface area (Å²) in [5.74, 6) is 0.543. The molecule has 2 aliphatic rings. The lowest BCUT2D eigenvalue weighted by molar-refractivity contribution is 0.0744. The number of nitrogens with zero attached hydrogens (tertiary/aromatic N) is 2. The molecule has 4 nitrogen and oxygen atoms in total. The van der Waals surface area contributed by atoms with Crippen LogP contribution in [0.1, 0.15) is 31.2 Å². The predicted octanol–water partition coefficient (Wildman–Crippen LogP) is 2.75. The SMILES string of the molecule is CN=C(NCC1(c2ccccc2F)CC1)NC1CCN(CC(F)F)CC1. The molecule has 2 fully saturated rings. The van der Waals surface area contributed by atoms with Crippen LogP contribution in [0.15, 0.2) is 29.3 Å². The summed E-state index contributed by atoms with van der Waals surface area (Å²) in [6, 6.07) is 7.18. The molecule has 1 heterocycles. The van der Waals surface area contributed by atoms with Gasteiger partial charge in [-0.3, -0.25) is 9.89 Å². The Morgan fingerprint density at radius 1 is 1.27 bits per heavy atom. The molecule has 1 saturated carbocycles. The van der Waals surface area contributed by atoms with Crippen molar-refractivity contribution in [2.24, 2.45) is 4.99 Å². The molecule has 0 unspecified atom stereocenters. The summed E-state index contributed by atoms with van der Waals surface area (Å²) < 4.78 is 39.0. The second-order valence-electron chi connectivity index (χ2n) is 7.30. The number of benzene rings is 1. The Hall–Kier alpha value is -1.76. The molecule has 1 aliphatic carbocycles. The molecular weight excluding hydrogens is 341 g/mol. The number of piperidine rings is 1. The van der Waals surface area contributed by atoms with E-state index in [1.54, 1.807) is 18.0 Å². The third-order valence-electron chi connectivity index (χ3n) is 5.44. The zero-order valence-electron chi connectivity index (χ0n) is 15.1. The Kier molecular flexibility index (Phi) is 6.06. The average Bonchev–Trinajstić information content (AvgIpc) is 3.41. The minimum atomic E-state index is -2.28. The van der Waals surface area contributed by atoms with Crippen LogP contribution in [0.25, 0.3) is 0 Å². The fraction of sp³-hybridized carbons (Fsp3) is 0.632. The second kappa shape index (κ2) is 8.29. The molecule has 7 heteroatoms. The fourth-order valence-electron chi connectivity index (χ4n) is 3.68. The number of aliphatic imine (C=N–C) groups is 1. The molecular formula is C19H27F3N4. The number of guanidine groups is 1. The first kappa shape index (κ1) is 19.0. The van der Waals surface area contributed by atoms with Gasteiger partial charge in [0.25, 0.3) is 6.43 Å². The quantitative estimate of drug-likeness (QED) is 0.599. The van der Waals surface area contributed by atoms with Crippen molar-refractivity contribution in [3.63, 3.8) is 0 Å². The highest BCUT2D eigenvalue weighted by molar-refractivity contribution is 5.80. The molecule has 0 atom stereocenters. The number of hydrogen-bond acceptors (Lipinski definition) is 2. The normalized spacial score (nSPS) is 21.0. The molecule has 0 radical (unpaired) electrons. The Balaban J connectivity index is 1.48. The van der Waals surface area contributed by atoms with E-state index in [0.29, 0.717) is 25.6 Å². The molecule has 0 spiro atoms. The van der Waals surface area contributed by atoms with E-state index in [9.17, 15) is 13.2 Å². The predicted molar refractivity (Wildman–Crippen MR) is 97.3 cm³/mol. The first-order chi connectivity index (χ1) is 12.5. The van der Waals surface area contributed by atoms with Gasteiger partial charge in [-0.15, -0.1) is 0 Å². The van der Waals surface area contributed by atoms with Crippen LogP contribution in [0.5, 0.6) is 0 Å². The Morgan fingerprint density at radius 3 is 2.54 bits per heavy atom. The maximum atomic E-state index is 14.1. The maximum Gasteiger partial charge on any atom is 0.251 e. The van der Waals surface area contributed by atoms with Crippen molar-refractivity contribution in [2.45, 2.75) is 43.6 Å². The maximum absolute atomic E-state index is 14.1. The molecule has 1 aromatic rings. The van der Waals surface area contributed by atoms with Gasteiger partial charge < -0.3 is 10.6 Å². The number of alkyl halides is 2. The molecule has 1 saturated heterocycles. The summed E-state index contributed by atoms with van der Waals surface area (Å²) in [5, 5.41) is 6.70. The molecule has 1 aliphatic heterocycles. The molecule has 144 valence electrons. The Morgan fingerprint density at radius 2 is 1.96 bits per heavy atom. The first-order valence-corrected chi connectivity index (χ1v) is 9.25. The number of rotatable bonds is 6. The third kappa shape index (κ3) is 4.69. The van der Waals surface area contributed by atoms with E-state index in [2.05, 4.69) is 15.6 Å². The zero-order chi connectivity index (χ0) is 18.6. The standard InChI is InChI=1S/C19H27F3N4/c1-23-18(25-14-6-10-26(11-7-14)12-17(21)22)24-13-19(8-9-19)15-4-2-3-5-16(15)20/h2-5,14,17H,6-13H2,1H3,(H2,23,24,25). The van der Waals surface area contributed by atoms with Crippen molar-refractivity contribution >= 4 is 5.96 Å². The van der Waals surface area contributed by atoms with Crippen molar-refractivity contribution in [1.82, 2.24) is 15.5 Å². The van der Waals surface area contributed by atoms with Crippen LogP contribution in [0.3, 0.4) is 0 Å². The van der Waals surface area contributed by atoms with Gasteiger partial charge in [0.1, 0.15) is 5.82 Å². The van der Waals surface area contributed by atoms with E-state index >= 15 is 0 Å². The van der Waals surface area contributed by atoms with Gasteiger partial charge >= 0.3 is 0 Å². The van der Waals surface area contributed by atoms with Crippen molar-refractivity contribution in [3.8, 4) is 0 Å². The highest BCUT2D eigenvalue weighted by atomic mass is 19.3. The van der Waals surface area contributed by atoms with E-state index in [0.717, 1.165) is 31.2 Å². The largest absolute Gasteiger partial charge is 0.356 e. The topological polar surface area (TPSA) is 39.7 Å². The average molecular weight is 368 g/mol. The van der Waals surface area contributed by atoms with Gasteiger partial charge in [0.2, 0.25) is 0 Å². The van der Waals surface area contributed by atoms with Gasteiger partial charge in [-0.05, 0) is 37.3 Å². The molecule has 0 bridgehead atoms. The zero-order valence-corrected chi connectivity index (χ0v) is 15.1. The lowest BCUT2D eigenvalue weighted by Gasteiger charge is -2.33. The van der Waals surface area contributed by atoms with E-state index < -0.39 is 6.43 Å². The van der Waals surface area contributed by atoms with Crippen LogP contribution in [0, 0.1) is 5.82 Å². The Bertz CT molecular complexity index is 623. The van der Waals surface area contributed by atoms with E-state index in [4.69, 9.17) is 0 Å².